The fourth-order valence-electron chi connectivity index (χ4n) is 4.33. The summed E-state index contributed by atoms with van der Waals surface area (Å²) in [6, 6.07) is 24.3. The van der Waals surface area contributed by atoms with Gasteiger partial charge in [0.15, 0.2) is 5.03 Å². The van der Waals surface area contributed by atoms with Crippen molar-refractivity contribution in [2.75, 3.05) is 11.4 Å². The first-order valence-electron chi connectivity index (χ1n) is 13.6. The molecule has 2 heterocycles. The number of nitrogens with one attached hydrogen (secondary N) is 1. The second-order valence-electron chi connectivity index (χ2n) is 11.0. The number of pyridine rings is 2. The number of aliphatic carboxylic acids is 1. The van der Waals surface area contributed by atoms with Crippen LogP contribution in [0.15, 0.2) is 96.2 Å². The summed E-state index contributed by atoms with van der Waals surface area (Å²) < 4.78 is 34.8. The molecule has 4 aromatic rings. The van der Waals surface area contributed by atoms with Gasteiger partial charge in [-0.25, -0.2) is 27.9 Å². The van der Waals surface area contributed by atoms with Crippen molar-refractivity contribution in [3.8, 4) is 11.1 Å². The molecule has 0 aliphatic carbocycles. The highest BCUT2D eigenvalue weighted by molar-refractivity contribution is 7.89. The molecule has 0 bridgehead atoms. The number of hydrogen-bond donors (Lipinski definition) is 2. The summed E-state index contributed by atoms with van der Waals surface area (Å²) in [5.74, 6) is -1.26. The van der Waals surface area contributed by atoms with Crippen molar-refractivity contribution in [2.45, 2.75) is 50.8 Å². The number of benzene rings is 2. The molecule has 0 saturated heterocycles. The van der Waals surface area contributed by atoms with E-state index in [1.54, 1.807) is 45.0 Å². The summed E-state index contributed by atoms with van der Waals surface area (Å²) in [7, 11) is -4.08. The van der Waals surface area contributed by atoms with Crippen molar-refractivity contribution in [2.24, 2.45) is 0 Å². The summed E-state index contributed by atoms with van der Waals surface area (Å²) in [5.41, 5.74) is 3.44. The average molecular weight is 603 g/mol. The molecule has 1 atom stereocenters. The molecule has 1 unspecified atom stereocenters. The second-order valence-corrected chi connectivity index (χ2v) is 12.7. The lowest BCUT2D eigenvalue weighted by molar-refractivity contribution is -0.135. The predicted octanol–water partition coefficient (Wildman–Crippen LogP) is 5.54. The molecule has 2 aromatic heterocycles. The third-order valence-corrected chi connectivity index (χ3v) is 7.64. The van der Waals surface area contributed by atoms with E-state index in [1.807, 2.05) is 49.4 Å². The SMILES string of the molecule is Cc1cccc(-c2ccc(CC(NS(=O)(=O)c3ccccn3)c3cccc(N(CC(=O)O)C(=O)OC(C)(C)C)n3)cc2)c1. The van der Waals surface area contributed by atoms with Crippen LogP contribution in [0.25, 0.3) is 11.1 Å². The van der Waals surface area contributed by atoms with E-state index in [2.05, 4.69) is 20.8 Å². The zero-order chi connectivity index (χ0) is 31.2. The molecular weight excluding hydrogens is 568 g/mol. The highest BCUT2D eigenvalue weighted by Gasteiger charge is 2.28. The van der Waals surface area contributed by atoms with E-state index in [4.69, 9.17) is 4.74 Å². The normalized spacial score (nSPS) is 12.4. The molecule has 0 radical (unpaired) electrons. The summed E-state index contributed by atoms with van der Waals surface area (Å²) >= 11 is 0. The number of anilines is 1. The monoisotopic (exact) mass is 602 g/mol. The molecule has 224 valence electrons. The summed E-state index contributed by atoms with van der Waals surface area (Å²) in [4.78, 5) is 34.0. The van der Waals surface area contributed by atoms with Crippen LogP contribution in [-0.4, -0.2) is 47.7 Å². The van der Waals surface area contributed by atoms with Crippen LogP contribution in [0, 0.1) is 6.92 Å². The van der Waals surface area contributed by atoms with Gasteiger partial charge in [-0.3, -0.25) is 9.69 Å². The summed E-state index contributed by atoms with van der Waals surface area (Å²) in [5, 5.41) is 9.33. The minimum absolute atomic E-state index is 0.00554. The molecule has 2 N–H and O–H groups in total. The molecule has 4 rings (SSSR count). The predicted molar refractivity (Wildman–Crippen MR) is 163 cm³/mol. The van der Waals surface area contributed by atoms with E-state index in [9.17, 15) is 23.1 Å². The molecule has 1 amide bonds. The zero-order valence-corrected chi connectivity index (χ0v) is 25.2. The van der Waals surface area contributed by atoms with Gasteiger partial charge in [0.25, 0.3) is 10.0 Å². The molecule has 0 aliphatic heterocycles. The van der Waals surface area contributed by atoms with E-state index < -0.39 is 40.3 Å². The van der Waals surface area contributed by atoms with Gasteiger partial charge >= 0.3 is 12.1 Å². The number of ether oxygens (including phenoxy) is 1. The van der Waals surface area contributed by atoms with Gasteiger partial charge in [-0.05, 0) is 75.1 Å². The second kappa shape index (κ2) is 13.1. The molecule has 0 fully saturated rings. The Morgan fingerprint density at radius 3 is 2.30 bits per heavy atom. The van der Waals surface area contributed by atoms with Crippen LogP contribution in [0.5, 0.6) is 0 Å². The number of aryl methyl sites for hydroxylation is 1. The Bertz CT molecular complexity index is 1690. The number of hydrogen-bond acceptors (Lipinski definition) is 7. The Balaban J connectivity index is 1.71. The average Bonchev–Trinajstić information content (AvgIpc) is 2.95. The first-order chi connectivity index (χ1) is 20.3. The first kappa shape index (κ1) is 31.3. The Kier molecular flexibility index (Phi) is 9.57. The van der Waals surface area contributed by atoms with E-state index in [-0.39, 0.29) is 23.0 Å². The molecule has 0 saturated carbocycles. The Hall–Kier alpha value is -4.61. The quantitative estimate of drug-likeness (QED) is 0.241. The van der Waals surface area contributed by atoms with Crippen LogP contribution in [0.1, 0.15) is 43.6 Å². The van der Waals surface area contributed by atoms with Crippen LogP contribution in [0.3, 0.4) is 0 Å². The third-order valence-electron chi connectivity index (χ3n) is 6.25. The number of amides is 1. The van der Waals surface area contributed by atoms with Crippen LogP contribution in [0.2, 0.25) is 0 Å². The Morgan fingerprint density at radius 2 is 1.67 bits per heavy atom. The standard InChI is InChI=1S/C32H34N4O6S/c1-22-9-7-10-25(19-22)24-16-14-23(15-17-24)20-27(35-43(40,41)29-13-5-6-18-33-29)26-11-8-12-28(34-26)36(21-30(37)38)31(39)42-32(2,3)4/h5-19,27,35H,20-21H2,1-4H3,(H,37,38). The number of carbonyl (C=O) groups is 2. The molecule has 0 aliphatic rings. The fraction of sp³-hybridized carbons (Fsp3) is 0.250. The number of aromatic nitrogens is 2. The highest BCUT2D eigenvalue weighted by Crippen LogP contribution is 2.26. The Morgan fingerprint density at radius 1 is 0.953 bits per heavy atom. The largest absolute Gasteiger partial charge is 0.480 e. The first-order valence-corrected chi connectivity index (χ1v) is 15.1. The van der Waals surface area contributed by atoms with Gasteiger partial charge in [0.05, 0.1) is 11.7 Å². The maximum atomic E-state index is 13.3. The van der Waals surface area contributed by atoms with Crippen LogP contribution in [0.4, 0.5) is 10.6 Å². The Labute approximate surface area is 251 Å². The lowest BCUT2D eigenvalue weighted by atomic mass is 9.99. The van der Waals surface area contributed by atoms with Crippen LogP contribution >= 0.6 is 0 Å². The number of carbonyl (C=O) groups excluding carboxylic acids is 1. The number of carboxylic acid groups (broad SMARTS) is 1. The third kappa shape index (κ3) is 8.69. The van der Waals surface area contributed by atoms with Crippen molar-refractivity contribution in [3.63, 3.8) is 0 Å². The van der Waals surface area contributed by atoms with Crippen molar-refractivity contribution in [1.82, 2.24) is 14.7 Å². The summed E-state index contributed by atoms with van der Waals surface area (Å²) in [6.07, 6.45) is 0.705. The van der Waals surface area contributed by atoms with Crippen LogP contribution in [-0.2, 0) is 26.0 Å². The minimum atomic E-state index is -4.08. The lowest BCUT2D eigenvalue weighted by Crippen LogP contribution is -2.40. The van der Waals surface area contributed by atoms with Gasteiger partial charge in [-0.15, -0.1) is 0 Å². The van der Waals surface area contributed by atoms with Gasteiger partial charge in [0.2, 0.25) is 0 Å². The zero-order valence-electron chi connectivity index (χ0n) is 24.4. The van der Waals surface area contributed by atoms with Gasteiger partial charge in [0, 0.05) is 6.20 Å². The topological polar surface area (TPSA) is 139 Å². The number of rotatable bonds is 10. The number of nitrogens with zero attached hydrogens (tertiary/aromatic N) is 3. The van der Waals surface area contributed by atoms with Crippen molar-refractivity contribution < 1.29 is 27.9 Å². The van der Waals surface area contributed by atoms with Gasteiger partial charge in [-0.1, -0.05) is 66.2 Å². The van der Waals surface area contributed by atoms with E-state index >= 15 is 0 Å². The van der Waals surface area contributed by atoms with Gasteiger partial charge in [-0.2, -0.15) is 0 Å². The van der Waals surface area contributed by atoms with E-state index in [1.165, 1.54) is 18.3 Å². The molecule has 43 heavy (non-hydrogen) atoms. The highest BCUT2D eigenvalue weighted by atomic mass is 32.2. The van der Waals surface area contributed by atoms with E-state index in [0.717, 1.165) is 27.2 Å². The van der Waals surface area contributed by atoms with Gasteiger partial charge in [0.1, 0.15) is 18.0 Å². The molecule has 10 nitrogen and oxygen atoms in total. The maximum absolute atomic E-state index is 13.3. The van der Waals surface area contributed by atoms with Crippen LogP contribution < -0.4 is 9.62 Å². The molecule has 11 heteroatoms. The van der Waals surface area contributed by atoms with Crippen molar-refractivity contribution in [1.29, 1.82) is 0 Å². The molecule has 2 aromatic carbocycles. The smallest absolute Gasteiger partial charge is 0.416 e. The molecular formula is C32H34N4O6S. The summed E-state index contributed by atoms with van der Waals surface area (Å²) in [6.45, 7) is 6.33. The van der Waals surface area contributed by atoms with E-state index in [0.29, 0.717) is 0 Å². The number of sulfonamides is 1. The fourth-order valence-corrected chi connectivity index (χ4v) is 5.49. The van der Waals surface area contributed by atoms with Crippen molar-refractivity contribution >= 4 is 27.9 Å². The minimum Gasteiger partial charge on any atom is -0.480 e. The lowest BCUT2D eigenvalue weighted by Gasteiger charge is -2.26. The van der Waals surface area contributed by atoms with Gasteiger partial charge < -0.3 is 9.84 Å². The molecule has 0 spiro atoms. The maximum Gasteiger partial charge on any atom is 0.416 e. The van der Waals surface area contributed by atoms with Crippen molar-refractivity contribution in [3.05, 3.63) is 108 Å². The number of carboxylic acids is 1.